The predicted molar refractivity (Wildman–Crippen MR) is 125 cm³/mol. The number of aromatic nitrogens is 3. The molecule has 0 saturated carbocycles. The highest BCUT2D eigenvalue weighted by Gasteiger charge is 2.20. The monoisotopic (exact) mass is 513 g/mol. The summed E-state index contributed by atoms with van der Waals surface area (Å²) < 4.78 is 5.31. The fourth-order valence-corrected chi connectivity index (χ4v) is 3.30. The molecular formula is C20H32IN7O. The van der Waals surface area contributed by atoms with Gasteiger partial charge in [-0.2, -0.15) is 4.98 Å². The van der Waals surface area contributed by atoms with Crippen molar-refractivity contribution in [3.63, 3.8) is 0 Å². The summed E-state index contributed by atoms with van der Waals surface area (Å²) in [6.45, 7) is 13.5. The molecule has 2 aromatic rings. The molecule has 0 bridgehead atoms. The lowest BCUT2D eigenvalue weighted by atomic mass is 10.2. The average Bonchev–Trinajstić information content (AvgIpc) is 3.17. The average molecular weight is 513 g/mol. The van der Waals surface area contributed by atoms with Crippen molar-refractivity contribution in [2.75, 3.05) is 45.8 Å². The van der Waals surface area contributed by atoms with Crippen LogP contribution in [0.25, 0.3) is 11.6 Å². The summed E-state index contributed by atoms with van der Waals surface area (Å²) >= 11 is 0. The first-order valence-electron chi connectivity index (χ1n) is 10.1. The van der Waals surface area contributed by atoms with E-state index in [1.165, 1.54) is 0 Å². The number of pyridine rings is 1. The van der Waals surface area contributed by atoms with E-state index in [0.717, 1.165) is 45.2 Å². The Balaban J connectivity index is 0.00000300. The van der Waals surface area contributed by atoms with Crippen LogP contribution in [0.2, 0.25) is 0 Å². The van der Waals surface area contributed by atoms with Crippen LogP contribution in [0.5, 0.6) is 0 Å². The van der Waals surface area contributed by atoms with Crippen LogP contribution in [-0.4, -0.2) is 76.7 Å². The van der Waals surface area contributed by atoms with Crippen LogP contribution < -0.4 is 5.32 Å². The van der Waals surface area contributed by atoms with Crippen LogP contribution in [0.3, 0.4) is 0 Å². The minimum atomic E-state index is 0. The predicted octanol–water partition coefficient (Wildman–Crippen LogP) is 2.53. The number of halogens is 1. The molecule has 0 amide bonds. The number of hydrogen-bond donors (Lipinski definition) is 1. The first kappa shape index (κ1) is 23.5. The molecule has 0 spiro atoms. The van der Waals surface area contributed by atoms with Gasteiger partial charge in [0.15, 0.2) is 11.8 Å². The Kier molecular flexibility index (Phi) is 9.79. The lowest BCUT2D eigenvalue weighted by Gasteiger charge is -2.37. The lowest BCUT2D eigenvalue weighted by Crippen LogP contribution is -2.53. The van der Waals surface area contributed by atoms with Crippen molar-refractivity contribution in [2.45, 2.75) is 27.2 Å². The smallest absolute Gasteiger partial charge is 0.276 e. The second kappa shape index (κ2) is 12.1. The van der Waals surface area contributed by atoms with Crippen molar-refractivity contribution in [1.29, 1.82) is 0 Å². The third kappa shape index (κ3) is 7.22. The Hall–Kier alpha value is -1.75. The van der Waals surface area contributed by atoms with Crippen LogP contribution in [0, 0.1) is 5.92 Å². The van der Waals surface area contributed by atoms with E-state index in [9.17, 15) is 0 Å². The van der Waals surface area contributed by atoms with Gasteiger partial charge in [-0.3, -0.25) is 14.9 Å². The Morgan fingerprint density at radius 3 is 2.69 bits per heavy atom. The minimum Gasteiger partial charge on any atom is -0.357 e. The zero-order valence-corrected chi connectivity index (χ0v) is 19.9. The SMILES string of the molecule is CCNC(=NCCc1noc(-c2ccccn2)n1)N1CCN(CC(C)C)CC1.I. The highest BCUT2D eigenvalue weighted by atomic mass is 127. The van der Waals surface area contributed by atoms with Gasteiger partial charge in [0, 0.05) is 58.4 Å². The largest absolute Gasteiger partial charge is 0.357 e. The van der Waals surface area contributed by atoms with Crippen LogP contribution in [-0.2, 0) is 6.42 Å². The number of rotatable bonds is 7. The third-order valence-corrected chi connectivity index (χ3v) is 4.58. The van der Waals surface area contributed by atoms with Gasteiger partial charge in [0.05, 0.1) is 0 Å². The molecule has 3 rings (SSSR count). The molecule has 8 nitrogen and oxygen atoms in total. The standard InChI is InChI=1S/C20H31N7O.HI/c1-4-21-20(27-13-11-26(12-14-27)15-16(2)3)23-10-8-18-24-19(28-25-18)17-7-5-6-9-22-17;/h5-7,9,16H,4,8,10-15H2,1-3H3,(H,21,23);1H. The zero-order valence-electron chi connectivity index (χ0n) is 17.5. The van der Waals surface area contributed by atoms with Crippen molar-refractivity contribution < 1.29 is 4.52 Å². The Bertz CT molecular complexity index is 742. The topological polar surface area (TPSA) is 82.7 Å². The van der Waals surface area contributed by atoms with E-state index >= 15 is 0 Å². The molecule has 0 aliphatic carbocycles. The molecule has 1 fully saturated rings. The summed E-state index contributed by atoms with van der Waals surface area (Å²) in [5, 5.41) is 7.46. The molecule has 3 heterocycles. The Morgan fingerprint density at radius 2 is 2.03 bits per heavy atom. The molecule has 1 N–H and O–H groups in total. The van der Waals surface area contributed by atoms with E-state index < -0.39 is 0 Å². The van der Waals surface area contributed by atoms with Gasteiger partial charge in [0.25, 0.3) is 5.89 Å². The highest BCUT2D eigenvalue weighted by Crippen LogP contribution is 2.13. The molecule has 160 valence electrons. The molecule has 1 saturated heterocycles. The first-order chi connectivity index (χ1) is 13.7. The van der Waals surface area contributed by atoms with Gasteiger partial charge in [0.1, 0.15) is 5.69 Å². The maximum atomic E-state index is 5.31. The second-order valence-corrected chi connectivity index (χ2v) is 7.40. The van der Waals surface area contributed by atoms with Gasteiger partial charge in [-0.15, -0.1) is 24.0 Å². The zero-order chi connectivity index (χ0) is 19.8. The quantitative estimate of drug-likeness (QED) is 0.346. The minimum absolute atomic E-state index is 0. The Labute approximate surface area is 190 Å². The first-order valence-corrected chi connectivity index (χ1v) is 10.1. The van der Waals surface area contributed by atoms with Crippen molar-refractivity contribution in [2.24, 2.45) is 10.9 Å². The van der Waals surface area contributed by atoms with Crippen molar-refractivity contribution in [3.8, 4) is 11.6 Å². The molecule has 1 aliphatic heterocycles. The molecule has 29 heavy (non-hydrogen) atoms. The van der Waals surface area contributed by atoms with E-state index in [2.05, 4.69) is 51.0 Å². The van der Waals surface area contributed by atoms with E-state index in [1.54, 1.807) is 6.20 Å². The maximum Gasteiger partial charge on any atom is 0.276 e. The van der Waals surface area contributed by atoms with E-state index in [1.807, 2.05) is 18.2 Å². The van der Waals surface area contributed by atoms with Crippen LogP contribution >= 0.6 is 24.0 Å². The number of aliphatic imine (C=N–C) groups is 1. The number of nitrogens with one attached hydrogen (secondary N) is 1. The lowest BCUT2D eigenvalue weighted by molar-refractivity contribution is 0.164. The van der Waals surface area contributed by atoms with E-state index in [0.29, 0.717) is 36.3 Å². The summed E-state index contributed by atoms with van der Waals surface area (Å²) in [7, 11) is 0. The van der Waals surface area contributed by atoms with Crippen molar-refractivity contribution >= 4 is 29.9 Å². The molecule has 0 atom stereocenters. The maximum absolute atomic E-state index is 5.31. The van der Waals surface area contributed by atoms with Crippen LogP contribution in [0.4, 0.5) is 0 Å². The van der Waals surface area contributed by atoms with E-state index in [4.69, 9.17) is 9.52 Å². The highest BCUT2D eigenvalue weighted by molar-refractivity contribution is 14.0. The van der Waals surface area contributed by atoms with Gasteiger partial charge < -0.3 is 14.7 Å². The number of nitrogens with zero attached hydrogens (tertiary/aromatic N) is 6. The molecule has 0 aromatic carbocycles. The number of piperazine rings is 1. The normalized spacial score (nSPS) is 15.4. The van der Waals surface area contributed by atoms with Gasteiger partial charge in [-0.1, -0.05) is 25.1 Å². The number of hydrogen-bond acceptors (Lipinski definition) is 6. The molecule has 2 aromatic heterocycles. The molecule has 9 heteroatoms. The summed E-state index contributed by atoms with van der Waals surface area (Å²) in [4.78, 5) is 18.3. The molecule has 1 aliphatic rings. The summed E-state index contributed by atoms with van der Waals surface area (Å²) in [6.07, 6.45) is 2.35. The van der Waals surface area contributed by atoms with Gasteiger partial charge in [0.2, 0.25) is 0 Å². The van der Waals surface area contributed by atoms with Crippen molar-refractivity contribution in [3.05, 3.63) is 30.2 Å². The molecule has 0 radical (unpaired) electrons. The Morgan fingerprint density at radius 1 is 1.24 bits per heavy atom. The van der Waals surface area contributed by atoms with Gasteiger partial charge in [-0.05, 0) is 25.0 Å². The fraction of sp³-hybridized carbons (Fsp3) is 0.600. The van der Waals surface area contributed by atoms with Crippen LogP contribution in [0.15, 0.2) is 33.9 Å². The number of guanidine groups is 1. The van der Waals surface area contributed by atoms with Crippen LogP contribution in [0.1, 0.15) is 26.6 Å². The van der Waals surface area contributed by atoms with E-state index in [-0.39, 0.29) is 24.0 Å². The summed E-state index contributed by atoms with van der Waals surface area (Å²) in [6, 6.07) is 5.62. The van der Waals surface area contributed by atoms with Crippen molar-refractivity contribution in [1.82, 2.24) is 30.2 Å². The summed E-state index contributed by atoms with van der Waals surface area (Å²) in [5.74, 6) is 2.79. The fourth-order valence-electron chi connectivity index (χ4n) is 3.30. The second-order valence-electron chi connectivity index (χ2n) is 7.40. The third-order valence-electron chi connectivity index (χ3n) is 4.58. The summed E-state index contributed by atoms with van der Waals surface area (Å²) in [5.41, 5.74) is 0.692. The molecule has 0 unspecified atom stereocenters. The van der Waals surface area contributed by atoms with Gasteiger partial charge >= 0.3 is 0 Å². The van der Waals surface area contributed by atoms with Gasteiger partial charge in [-0.25, -0.2) is 0 Å². The molecular weight excluding hydrogens is 481 g/mol.